The van der Waals surface area contributed by atoms with Crippen molar-refractivity contribution in [2.45, 2.75) is 33.1 Å². The predicted molar refractivity (Wildman–Crippen MR) is 78.2 cm³/mol. The van der Waals surface area contributed by atoms with Crippen molar-refractivity contribution in [2.75, 3.05) is 30.4 Å². The lowest BCUT2D eigenvalue weighted by molar-refractivity contribution is 0.351. The highest BCUT2D eigenvalue weighted by atomic mass is 15.2. The summed E-state index contributed by atoms with van der Waals surface area (Å²) in [5, 5.41) is 3.11. The molecule has 1 aliphatic rings. The number of pyridine rings is 1. The fraction of sp³-hybridized carbons (Fsp3) is 0.667. The summed E-state index contributed by atoms with van der Waals surface area (Å²) >= 11 is 0. The third-order valence-electron chi connectivity index (χ3n) is 4.03. The van der Waals surface area contributed by atoms with E-state index >= 15 is 0 Å². The second-order valence-electron chi connectivity index (χ2n) is 5.55. The van der Waals surface area contributed by atoms with Gasteiger partial charge >= 0.3 is 0 Å². The van der Waals surface area contributed by atoms with Crippen molar-refractivity contribution >= 4 is 11.6 Å². The number of hydrogen-bond acceptors (Lipinski definition) is 3. The molecule has 3 nitrogen and oxygen atoms in total. The van der Waals surface area contributed by atoms with Gasteiger partial charge in [0.05, 0.1) is 0 Å². The summed E-state index contributed by atoms with van der Waals surface area (Å²) < 4.78 is 0. The van der Waals surface area contributed by atoms with Gasteiger partial charge in [0.15, 0.2) is 0 Å². The quantitative estimate of drug-likeness (QED) is 0.887. The molecule has 2 rings (SSSR count). The van der Waals surface area contributed by atoms with Crippen LogP contribution in [0.5, 0.6) is 0 Å². The van der Waals surface area contributed by atoms with Crippen molar-refractivity contribution in [2.24, 2.45) is 11.8 Å². The van der Waals surface area contributed by atoms with Gasteiger partial charge in [0.1, 0.15) is 11.6 Å². The molecule has 18 heavy (non-hydrogen) atoms. The molecule has 2 heterocycles. The Bertz CT molecular complexity index is 376. The lowest BCUT2D eigenvalue weighted by atomic mass is 9.89. The number of aromatic nitrogens is 1. The highest BCUT2D eigenvalue weighted by Gasteiger charge is 2.20. The second kappa shape index (κ2) is 6.07. The van der Waals surface area contributed by atoms with E-state index in [1.165, 1.54) is 19.3 Å². The van der Waals surface area contributed by atoms with E-state index < -0.39 is 0 Å². The summed E-state index contributed by atoms with van der Waals surface area (Å²) in [7, 11) is 1.92. The summed E-state index contributed by atoms with van der Waals surface area (Å²) in [5.74, 6) is 3.76. The Kier molecular flexibility index (Phi) is 4.45. The summed E-state index contributed by atoms with van der Waals surface area (Å²) in [6.07, 6.45) is 3.94. The zero-order chi connectivity index (χ0) is 13.0. The first-order valence-corrected chi connectivity index (χ1v) is 7.10. The van der Waals surface area contributed by atoms with E-state index in [1.54, 1.807) is 0 Å². The third-order valence-corrected chi connectivity index (χ3v) is 4.03. The minimum atomic E-state index is 0.807. The van der Waals surface area contributed by atoms with E-state index in [1.807, 2.05) is 13.1 Å². The van der Waals surface area contributed by atoms with Crippen LogP contribution >= 0.6 is 0 Å². The summed E-state index contributed by atoms with van der Waals surface area (Å²) in [6, 6.07) is 6.22. The average Bonchev–Trinajstić information content (AvgIpc) is 2.64. The molecule has 0 aromatic carbocycles. The fourth-order valence-electron chi connectivity index (χ4n) is 2.76. The number of hydrogen-bond donors (Lipinski definition) is 1. The molecule has 0 saturated carbocycles. The van der Waals surface area contributed by atoms with Gasteiger partial charge in [-0.15, -0.1) is 0 Å². The van der Waals surface area contributed by atoms with Gasteiger partial charge in [0, 0.05) is 20.1 Å². The Hall–Kier alpha value is -1.25. The largest absolute Gasteiger partial charge is 0.373 e. The normalized spacial score (nSPS) is 20.9. The first-order chi connectivity index (χ1) is 8.70. The van der Waals surface area contributed by atoms with Crippen molar-refractivity contribution in [3.05, 3.63) is 18.2 Å². The van der Waals surface area contributed by atoms with Gasteiger partial charge in [-0.25, -0.2) is 4.98 Å². The Morgan fingerprint density at radius 3 is 2.83 bits per heavy atom. The molecule has 0 amide bonds. The molecule has 1 N–H and O–H groups in total. The van der Waals surface area contributed by atoms with Crippen LogP contribution in [0.4, 0.5) is 11.6 Å². The summed E-state index contributed by atoms with van der Waals surface area (Å²) in [5.41, 5.74) is 0. The molecule has 0 aliphatic carbocycles. The van der Waals surface area contributed by atoms with Crippen LogP contribution in [0.15, 0.2) is 18.2 Å². The molecule has 3 heteroatoms. The van der Waals surface area contributed by atoms with E-state index in [9.17, 15) is 0 Å². The van der Waals surface area contributed by atoms with Gasteiger partial charge in [-0.1, -0.05) is 19.9 Å². The number of nitrogens with one attached hydrogen (secondary N) is 1. The summed E-state index contributed by atoms with van der Waals surface area (Å²) in [4.78, 5) is 7.08. The van der Waals surface area contributed by atoms with Crippen molar-refractivity contribution in [1.82, 2.24) is 4.98 Å². The Labute approximate surface area is 111 Å². The van der Waals surface area contributed by atoms with Gasteiger partial charge in [0.2, 0.25) is 0 Å². The van der Waals surface area contributed by atoms with Crippen LogP contribution in [-0.2, 0) is 0 Å². The molecule has 1 aromatic rings. The predicted octanol–water partition coefficient (Wildman–Crippen LogP) is 3.39. The van der Waals surface area contributed by atoms with E-state index in [0.717, 1.165) is 36.6 Å². The Morgan fingerprint density at radius 2 is 2.11 bits per heavy atom. The van der Waals surface area contributed by atoms with E-state index in [4.69, 9.17) is 0 Å². The van der Waals surface area contributed by atoms with Crippen LogP contribution in [0, 0.1) is 11.8 Å². The maximum Gasteiger partial charge on any atom is 0.130 e. The topological polar surface area (TPSA) is 28.2 Å². The van der Waals surface area contributed by atoms with E-state index in [0.29, 0.717) is 0 Å². The van der Waals surface area contributed by atoms with Crippen molar-refractivity contribution in [3.8, 4) is 0 Å². The van der Waals surface area contributed by atoms with Crippen molar-refractivity contribution < 1.29 is 0 Å². The Morgan fingerprint density at radius 1 is 1.28 bits per heavy atom. The van der Waals surface area contributed by atoms with Crippen LogP contribution in [0.25, 0.3) is 0 Å². The SMILES string of the molecule is CNc1cccc(N2CCCC(C(C)C)CC2)n1. The molecule has 1 aromatic heterocycles. The lowest BCUT2D eigenvalue weighted by Crippen LogP contribution is -2.25. The molecule has 1 unspecified atom stereocenters. The van der Waals surface area contributed by atoms with Crippen LogP contribution in [0.2, 0.25) is 0 Å². The van der Waals surface area contributed by atoms with E-state index in [2.05, 4.69) is 41.2 Å². The standard InChI is InChI=1S/C15H25N3/c1-12(2)13-6-5-10-18(11-9-13)15-8-4-7-14(16-3)17-15/h4,7-8,12-13H,5-6,9-11H2,1-3H3,(H,16,17). The molecule has 100 valence electrons. The highest BCUT2D eigenvalue weighted by Crippen LogP contribution is 2.26. The highest BCUT2D eigenvalue weighted by molar-refractivity contribution is 5.46. The second-order valence-corrected chi connectivity index (χ2v) is 5.55. The first-order valence-electron chi connectivity index (χ1n) is 7.10. The molecule has 1 atom stereocenters. The smallest absolute Gasteiger partial charge is 0.130 e. The third kappa shape index (κ3) is 3.15. The number of anilines is 2. The average molecular weight is 247 g/mol. The van der Waals surface area contributed by atoms with Gasteiger partial charge in [0.25, 0.3) is 0 Å². The first kappa shape index (κ1) is 13.2. The maximum absolute atomic E-state index is 4.64. The maximum atomic E-state index is 4.64. The van der Waals surface area contributed by atoms with Gasteiger partial charge in [-0.2, -0.15) is 0 Å². The zero-order valence-corrected chi connectivity index (χ0v) is 11.8. The molecular weight excluding hydrogens is 222 g/mol. The number of nitrogens with zero attached hydrogens (tertiary/aromatic N) is 2. The monoisotopic (exact) mass is 247 g/mol. The van der Waals surface area contributed by atoms with Gasteiger partial charge in [-0.05, 0) is 43.2 Å². The van der Waals surface area contributed by atoms with Crippen LogP contribution in [-0.4, -0.2) is 25.1 Å². The molecule has 1 saturated heterocycles. The minimum Gasteiger partial charge on any atom is -0.373 e. The van der Waals surface area contributed by atoms with Crippen LogP contribution in [0.3, 0.4) is 0 Å². The Balaban J connectivity index is 2.04. The van der Waals surface area contributed by atoms with E-state index in [-0.39, 0.29) is 0 Å². The summed E-state index contributed by atoms with van der Waals surface area (Å²) in [6.45, 7) is 6.98. The zero-order valence-electron chi connectivity index (χ0n) is 11.8. The molecule has 1 fully saturated rings. The van der Waals surface area contributed by atoms with Crippen LogP contribution < -0.4 is 10.2 Å². The van der Waals surface area contributed by atoms with Gasteiger partial charge < -0.3 is 10.2 Å². The minimum absolute atomic E-state index is 0.807. The van der Waals surface area contributed by atoms with Crippen LogP contribution in [0.1, 0.15) is 33.1 Å². The molecular formula is C15H25N3. The molecule has 0 bridgehead atoms. The molecule has 0 spiro atoms. The van der Waals surface area contributed by atoms with Crippen molar-refractivity contribution in [1.29, 1.82) is 0 Å². The molecule has 1 aliphatic heterocycles. The number of rotatable bonds is 3. The van der Waals surface area contributed by atoms with Gasteiger partial charge in [-0.3, -0.25) is 0 Å². The fourth-order valence-corrected chi connectivity index (χ4v) is 2.76. The van der Waals surface area contributed by atoms with Crippen molar-refractivity contribution in [3.63, 3.8) is 0 Å². The molecule has 0 radical (unpaired) electrons. The lowest BCUT2D eigenvalue weighted by Gasteiger charge is -2.22.